The van der Waals surface area contributed by atoms with Crippen LogP contribution < -0.4 is 10.4 Å². The van der Waals surface area contributed by atoms with Crippen molar-refractivity contribution in [3.8, 4) is 5.69 Å². The lowest BCUT2D eigenvalue weighted by atomic mass is 10.3. The average molecular weight is 337 g/mol. The highest BCUT2D eigenvalue weighted by Crippen LogP contribution is 2.22. The van der Waals surface area contributed by atoms with Gasteiger partial charge in [-0.3, -0.25) is 9.29 Å². The van der Waals surface area contributed by atoms with Gasteiger partial charge in [0, 0.05) is 25.3 Å². The molecule has 9 heteroatoms. The summed E-state index contributed by atoms with van der Waals surface area (Å²) in [4.78, 5) is 11.8. The molecule has 0 aliphatic carbocycles. The molecule has 1 aliphatic rings. The third-order valence-electron chi connectivity index (χ3n) is 3.98. The second kappa shape index (κ2) is 5.82. The lowest BCUT2D eigenvalue weighted by Crippen LogP contribution is -2.37. The van der Waals surface area contributed by atoms with Crippen molar-refractivity contribution < 1.29 is 8.42 Å². The zero-order chi connectivity index (χ0) is 16.6. The smallest absolute Gasteiger partial charge is 0.284 e. The molecule has 1 aromatic carbocycles. The van der Waals surface area contributed by atoms with Gasteiger partial charge in [0.25, 0.3) is 0 Å². The summed E-state index contributed by atoms with van der Waals surface area (Å²) >= 11 is 0. The molecular weight excluding hydrogens is 318 g/mol. The first-order valence-electron chi connectivity index (χ1n) is 7.39. The van der Waals surface area contributed by atoms with Crippen LogP contribution >= 0.6 is 0 Å². The summed E-state index contributed by atoms with van der Waals surface area (Å²) in [5, 5.41) is 3.98. The standard InChI is InChI=1S/C14H19N5O3S/c1-11-4-3-9-18(11)23(21,22)16-12-5-7-13(8-6-12)19-14(20)17(2)10-15-19/h5-8,10-11,16H,3-4,9H2,1-2H3. The highest BCUT2D eigenvalue weighted by molar-refractivity contribution is 7.90. The molecule has 1 atom stereocenters. The Morgan fingerprint density at radius 1 is 1.26 bits per heavy atom. The minimum atomic E-state index is -3.55. The van der Waals surface area contributed by atoms with E-state index in [0.717, 1.165) is 12.8 Å². The Hall–Kier alpha value is -2.13. The van der Waals surface area contributed by atoms with Gasteiger partial charge in [-0.2, -0.15) is 22.5 Å². The van der Waals surface area contributed by atoms with Gasteiger partial charge in [0.2, 0.25) is 0 Å². The first kappa shape index (κ1) is 15.8. The molecule has 1 aromatic heterocycles. The van der Waals surface area contributed by atoms with Gasteiger partial charge in [0.1, 0.15) is 6.33 Å². The van der Waals surface area contributed by atoms with Gasteiger partial charge >= 0.3 is 15.9 Å². The summed E-state index contributed by atoms with van der Waals surface area (Å²) in [7, 11) is -1.93. The zero-order valence-corrected chi connectivity index (χ0v) is 13.8. The summed E-state index contributed by atoms with van der Waals surface area (Å²) in [5.41, 5.74) is 0.772. The molecule has 1 N–H and O–H groups in total. The van der Waals surface area contributed by atoms with Crippen molar-refractivity contribution in [1.82, 2.24) is 18.7 Å². The minimum absolute atomic E-state index is 0.0128. The fourth-order valence-corrected chi connectivity index (χ4v) is 4.20. The second-order valence-corrected chi connectivity index (χ2v) is 7.32. The van der Waals surface area contributed by atoms with Crippen LogP contribution in [0.4, 0.5) is 5.69 Å². The summed E-state index contributed by atoms with van der Waals surface area (Å²) in [6.07, 6.45) is 3.18. The second-order valence-electron chi connectivity index (χ2n) is 5.69. The largest absolute Gasteiger partial charge is 0.350 e. The van der Waals surface area contributed by atoms with Crippen molar-refractivity contribution in [3.05, 3.63) is 41.1 Å². The van der Waals surface area contributed by atoms with Crippen molar-refractivity contribution in [2.75, 3.05) is 11.3 Å². The Morgan fingerprint density at radius 3 is 2.48 bits per heavy atom. The third-order valence-corrected chi connectivity index (χ3v) is 5.64. The van der Waals surface area contributed by atoms with Gasteiger partial charge in [-0.25, -0.2) is 4.79 Å². The highest BCUT2D eigenvalue weighted by atomic mass is 32.2. The number of nitrogens with zero attached hydrogens (tertiary/aromatic N) is 4. The van der Waals surface area contributed by atoms with Crippen LogP contribution in [0, 0.1) is 0 Å². The first-order chi connectivity index (χ1) is 10.9. The molecule has 0 saturated carbocycles. The van der Waals surface area contributed by atoms with Crippen molar-refractivity contribution in [1.29, 1.82) is 0 Å². The summed E-state index contributed by atoms with van der Waals surface area (Å²) < 4.78 is 31.4. The van der Waals surface area contributed by atoms with Crippen molar-refractivity contribution in [2.45, 2.75) is 25.8 Å². The molecule has 0 spiro atoms. The van der Waals surface area contributed by atoms with Crippen LogP contribution in [0.3, 0.4) is 0 Å². The maximum absolute atomic E-state index is 12.4. The third kappa shape index (κ3) is 3.02. The van der Waals surface area contributed by atoms with Gasteiger partial charge in [-0.05, 0) is 44.0 Å². The molecule has 1 fully saturated rings. The zero-order valence-electron chi connectivity index (χ0n) is 13.0. The fourth-order valence-electron chi connectivity index (χ4n) is 2.70. The first-order valence-corrected chi connectivity index (χ1v) is 8.83. The molecular formula is C14H19N5O3S. The Balaban J connectivity index is 1.80. The average Bonchev–Trinajstić information content (AvgIpc) is 3.08. The summed E-state index contributed by atoms with van der Waals surface area (Å²) in [6, 6.07) is 6.56. The number of aromatic nitrogens is 3. The Labute approximate surface area is 134 Å². The number of aryl methyl sites for hydroxylation is 1. The van der Waals surface area contributed by atoms with E-state index < -0.39 is 10.2 Å². The maximum Gasteiger partial charge on any atom is 0.350 e. The monoisotopic (exact) mass is 337 g/mol. The van der Waals surface area contributed by atoms with Crippen LogP contribution in [-0.2, 0) is 17.3 Å². The SMILES string of the molecule is CC1CCCN1S(=O)(=O)Nc1ccc(-n2ncn(C)c2=O)cc1. The van der Waals surface area contributed by atoms with E-state index in [9.17, 15) is 13.2 Å². The van der Waals surface area contributed by atoms with E-state index in [1.54, 1.807) is 31.3 Å². The van der Waals surface area contributed by atoms with E-state index in [-0.39, 0.29) is 11.7 Å². The minimum Gasteiger partial charge on any atom is -0.284 e. The lowest BCUT2D eigenvalue weighted by Gasteiger charge is -2.21. The fraction of sp³-hybridized carbons (Fsp3) is 0.429. The molecule has 2 heterocycles. The highest BCUT2D eigenvalue weighted by Gasteiger charge is 2.31. The van der Waals surface area contributed by atoms with E-state index >= 15 is 0 Å². The van der Waals surface area contributed by atoms with E-state index in [1.807, 2.05) is 6.92 Å². The van der Waals surface area contributed by atoms with Gasteiger partial charge in [-0.1, -0.05) is 0 Å². The van der Waals surface area contributed by atoms with Crippen LogP contribution in [0.1, 0.15) is 19.8 Å². The summed E-state index contributed by atoms with van der Waals surface area (Å²) in [6.45, 7) is 2.45. The number of hydrogen-bond acceptors (Lipinski definition) is 4. The van der Waals surface area contributed by atoms with Crippen molar-refractivity contribution >= 4 is 15.9 Å². The van der Waals surface area contributed by atoms with Crippen LogP contribution in [-0.4, -0.2) is 39.7 Å². The molecule has 8 nitrogen and oxygen atoms in total. The van der Waals surface area contributed by atoms with Crippen LogP contribution in [0.25, 0.3) is 5.69 Å². The summed E-state index contributed by atoms with van der Waals surface area (Å²) in [5.74, 6) is 0. The number of anilines is 1. The van der Waals surface area contributed by atoms with E-state index in [0.29, 0.717) is 17.9 Å². The molecule has 1 aliphatic heterocycles. The van der Waals surface area contributed by atoms with Crippen molar-refractivity contribution in [3.63, 3.8) is 0 Å². The van der Waals surface area contributed by atoms with E-state index in [4.69, 9.17) is 0 Å². The molecule has 1 unspecified atom stereocenters. The van der Waals surface area contributed by atoms with Crippen LogP contribution in [0.5, 0.6) is 0 Å². The molecule has 0 bridgehead atoms. The lowest BCUT2D eigenvalue weighted by molar-refractivity contribution is 0.412. The molecule has 2 aromatic rings. The predicted octanol–water partition coefficient (Wildman–Crippen LogP) is 0.712. The van der Waals surface area contributed by atoms with Gasteiger partial charge in [0.15, 0.2) is 0 Å². The molecule has 1 saturated heterocycles. The van der Waals surface area contributed by atoms with Gasteiger partial charge < -0.3 is 0 Å². The topological polar surface area (TPSA) is 89.2 Å². The predicted molar refractivity (Wildman–Crippen MR) is 86.7 cm³/mol. The van der Waals surface area contributed by atoms with Crippen molar-refractivity contribution in [2.24, 2.45) is 7.05 Å². The Kier molecular flexibility index (Phi) is 3.99. The van der Waals surface area contributed by atoms with Gasteiger partial charge in [0.05, 0.1) is 5.69 Å². The Bertz CT molecular complexity index is 853. The number of rotatable bonds is 4. The Morgan fingerprint density at radius 2 is 1.96 bits per heavy atom. The normalized spacial score (nSPS) is 19.1. The maximum atomic E-state index is 12.4. The van der Waals surface area contributed by atoms with Crippen LogP contribution in [0.2, 0.25) is 0 Å². The number of hydrogen-bond donors (Lipinski definition) is 1. The molecule has 3 rings (SSSR count). The molecule has 0 amide bonds. The quantitative estimate of drug-likeness (QED) is 0.890. The van der Waals surface area contributed by atoms with E-state index in [1.165, 1.54) is 19.9 Å². The van der Waals surface area contributed by atoms with Gasteiger partial charge in [-0.15, -0.1) is 0 Å². The molecule has 124 valence electrons. The number of benzene rings is 1. The molecule has 0 radical (unpaired) electrons. The van der Waals surface area contributed by atoms with Crippen LogP contribution in [0.15, 0.2) is 35.4 Å². The molecule has 23 heavy (non-hydrogen) atoms. The van der Waals surface area contributed by atoms with E-state index in [2.05, 4.69) is 9.82 Å². The number of nitrogens with one attached hydrogen (secondary N) is 1.